The van der Waals surface area contributed by atoms with E-state index in [1.54, 1.807) is 0 Å². The Morgan fingerprint density at radius 3 is 2.14 bits per heavy atom. The lowest BCUT2D eigenvalue weighted by molar-refractivity contribution is 0.287. The summed E-state index contributed by atoms with van der Waals surface area (Å²) in [5.41, 5.74) is 2.02. The van der Waals surface area contributed by atoms with E-state index in [4.69, 9.17) is 21.1 Å². The molecule has 0 aliphatic heterocycles. The standard InChI is InChI=1S/C17H18BrClO2/c1-3-20-15-10-13(14(18)11-16(15)21-4-2)17(19)12-8-6-5-7-9-12/h5-11,17H,3-4H2,1-2H3. The van der Waals surface area contributed by atoms with Crippen molar-refractivity contribution in [2.75, 3.05) is 13.2 Å². The Morgan fingerprint density at radius 1 is 1.00 bits per heavy atom. The fraction of sp³-hybridized carbons (Fsp3) is 0.294. The maximum Gasteiger partial charge on any atom is 0.162 e. The van der Waals surface area contributed by atoms with Crippen LogP contribution in [0, 0.1) is 0 Å². The maximum absolute atomic E-state index is 6.61. The van der Waals surface area contributed by atoms with Crippen molar-refractivity contribution < 1.29 is 9.47 Å². The Morgan fingerprint density at radius 2 is 1.57 bits per heavy atom. The van der Waals surface area contributed by atoms with Crippen LogP contribution in [0.1, 0.15) is 30.4 Å². The maximum atomic E-state index is 6.61. The third kappa shape index (κ3) is 3.92. The van der Waals surface area contributed by atoms with Crippen molar-refractivity contribution in [2.45, 2.75) is 19.2 Å². The summed E-state index contributed by atoms with van der Waals surface area (Å²) in [6.07, 6.45) is 0. The Labute approximate surface area is 139 Å². The number of rotatable bonds is 6. The summed E-state index contributed by atoms with van der Waals surface area (Å²) in [5.74, 6) is 1.45. The Balaban J connectivity index is 2.41. The molecule has 2 aromatic carbocycles. The minimum absolute atomic E-state index is 0.240. The molecular weight excluding hydrogens is 352 g/mol. The van der Waals surface area contributed by atoms with Gasteiger partial charge in [0.1, 0.15) is 0 Å². The molecule has 0 bridgehead atoms. The lowest BCUT2D eigenvalue weighted by Crippen LogP contribution is -2.01. The molecule has 0 aliphatic carbocycles. The van der Waals surface area contributed by atoms with Gasteiger partial charge in [-0.2, -0.15) is 0 Å². The summed E-state index contributed by atoms with van der Waals surface area (Å²) in [7, 11) is 0. The minimum atomic E-state index is -0.240. The summed E-state index contributed by atoms with van der Waals surface area (Å²) < 4.78 is 12.2. The van der Waals surface area contributed by atoms with Gasteiger partial charge < -0.3 is 9.47 Å². The number of hydrogen-bond acceptors (Lipinski definition) is 2. The van der Waals surface area contributed by atoms with Crippen molar-refractivity contribution >= 4 is 27.5 Å². The van der Waals surface area contributed by atoms with Crippen LogP contribution in [0.3, 0.4) is 0 Å². The van der Waals surface area contributed by atoms with Crippen LogP contribution in [-0.2, 0) is 0 Å². The van der Waals surface area contributed by atoms with Crippen molar-refractivity contribution in [3.8, 4) is 11.5 Å². The minimum Gasteiger partial charge on any atom is -0.490 e. The highest BCUT2D eigenvalue weighted by Gasteiger charge is 2.18. The topological polar surface area (TPSA) is 18.5 Å². The number of hydrogen-bond donors (Lipinski definition) is 0. The number of halogens is 2. The number of benzene rings is 2. The molecule has 2 nitrogen and oxygen atoms in total. The van der Waals surface area contributed by atoms with Gasteiger partial charge in [-0.15, -0.1) is 11.6 Å². The van der Waals surface area contributed by atoms with E-state index in [2.05, 4.69) is 15.9 Å². The molecule has 0 aromatic heterocycles. The largest absolute Gasteiger partial charge is 0.490 e. The average Bonchev–Trinajstić information content (AvgIpc) is 2.50. The van der Waals surface area contributed by atoms with E-state index < -0.39 is 0 Å². The van der Waals surface area contributed by atoms with E-state index in [0.29, 0.717) is 13.2 Å². The molecule has 0 fully saturated rings. The molecule has 1 unspecified atom stereocenters. The van der Waals surface area contributed by atoms with Crippen LogP contribution in [0.4, 0.5) is 0 Å². The zero-order valence-corrected chi connectivity index (χ0v) is 14.4. The Hall–Kier alpha value is -1.19. The van der Waals surface area contributed by atoms with Crippen molar-refractivity contribution in [2.24, 2.45) is 0 Å². The number of alkyl halides is 1. The van der Waals surface area contributed by atoms with Gasteiger partial charge in [-0.25, -0.2) is 0 Å². The zero-order valence-electron chi connectivity index (χ0n) is 12.1. The van der Waals surface area contributed by atoms with Gasteiger partial charge in [0, 0.05) is 4.47 Å². The third-order valence-electron chi connectivity index (χ3n) is 3.03. The molecule has 0 saturated carbocycles. The highest BCUT2D eigenvalue weighted by atomic mass is 79.9. The zero-order chi connectivity index (χ0) is 15.2. The normalized spacial score (nSPS) is 12.0. The van der Waals surface area contributed by atoms with Crippen molar-refractivity contribution in [3.63, 3.8) is 0 Å². The lowest BCUT2D eigenvalue weighted by atomic mass is 10.0. The molecule has 0 saturated heterocycles. The number of ether oxygens (including phenoxy) is 2. The highest BCUT2D eigenvalue weighted by Crippen LogP contribution is 2.40. The molecule has 2 aromatic rings. The second-order valence-corrected chi connectivity index (χ2v) is 5.75. The van der Waals surface area contributed by atoms with Crippen LogP contribution < -0.4 is 9.47 Å². The predicted molar refractivity (Wildman–Crippen MR) is 90.6 cm³/mol. The van der Waals surface area contributed by atoms with E-state index in [1.165, 1.54) is 0 Å². The second kappa shape index (κ2) is 7.71. The van der Waals surface area contributed by atoms with E-state index in [-0.39, 0.29) is 5.38 Å². The summed E-state index contributed by atoms with van der Waals surface area (Å²) in [6, 6.07) is 13.8. The monoisotopic (exact) mass is 368 g/mol. The quantitative estimate of drug-likeness (QED) is 0.619. The smallest absolute Gasteiger partial charge is 0.162 e. The summed E-state index contributed by atoms with van der Waals surface area (Å²) in [4.78, 5) is 0. The first-order valence-corrected chi connectivity index (χ1v) is 8.18. The van der Waals surface area contributed by atoms with Gasteiger partial charge in [-0.3, -0.25) is 0 Å². The Bertz CT molecular complexity index is 587. The van der Waals surface area contributed by atoms with Crippen LogP contribution in [-0.4, -0.2) is 13.2 Å². The van der Waals surface area contributed by atoms with Gasteiger partial charge in [-0.05, 0) is 37.1 Å². The molecule has 0 spiro atoms. The van der Waals surface area contributed by atoms with Gasteiger partial charge in [0.2, 0.25) is 0 Å². The van der Waals surface area contributed by atoms with E-state index in [0.717, 1.165) is 27.1 Å². The van der Waals surface area contributed by atoms with Crippen molar-refractivity contribution in [1.82, 2.24) is 0 Å². The molecule has 4 heteroatoms. The summed E-state index contributed by atoms with van der Waals surface area (Å²) >= 11 is 10.2. The first kappa shape index (κ1) is 16.2. The SMILES string of the molecule is CCOc1cc(Br)c(C(Cl)c2ccccc2)cc1OCC. The van der Waals surface area contributed by atoms with Crippen LogP contribution in [0.25, 0.3) is 0 Å². The van der Waals surface area contributed by atoms with Crippen molar-refractivity contribution in [1.29, 1.82) is 0 Å². The molecule has 0 aliphatic rings. The lowest BCUT2D eigenvalue weighted by Gasteiger charge is -2.17. The fourth-order valence-electron chi connectivity index (χ4n) is 2.08. The first-order chi connectivity index (χ1) is 10.2. The van der Waals surface area contributed by atoms with Gasteiger partial charge in [-0.1, -0.05) is 46.3 Å². The average molecular weight is 370 g/mol. The highest BCUT2D eigenvalue weighted by molar-refractivity contribution is 9.10. The van der Waals surface area contributed by atoms with Crippen LogP contribution in [0.15, 0.2) is 46.9 Å². The Kier molecular flexibility index (Phi) is 5.95. The molecule has 1 atom stereocenters. The fourth-order valence-corrected chi connectivity index (χ4v) is 3.09. The van der Waals surface area contributed by atoms with Crippen LogP contribution in [0.2, 0.25) is 0 Å². The van der Waals surface area contributed by atoms with Crippen LogP contribution in [0.5, 0.6) is 11.5 Å². The van der Waals surface area contributed by atoms with Gasteiger partial charge in [0.25, 0.3) is 0 Å². The second-order valence-electron chi connectivity index (χ2n) is 4.46. The van der Waals surface area contributed by atoms with E-state index in [9.17, 15) is 0 Å². The molecule has 0 N–H and O–H groups in total. The molecule has 0 amide bonds. The van der Waals surface area contributed by atoms with Gasteiger partial charge in [0.15, 0.2) is 11.5 Å². The van der Waals surface area contributed by atoms with E-state index in [1.807, 2.05) is 56.3 Å². The summed E-state index contributed by atoms with van der Waals surface area (Å²) in [5, 5.41) is -0.240. The molecular formula is C17H18BrClO2. The molecule has 21 heavy (non-hydrogen) atoms. The third-order valence-corrected chi connectivity index (χ3v) is 4.20. The molecule has 0 radical (unpaired) electrons. The predicted octanol–water partition coefficient (Wildman–Crippen LogP) is 5.57. The summed E-state index contributed by atoms with van der Waals surface area (Å²) in [6.45, 7) is 5.08. The molecule has 112 valence electrons. The molecule has 2 rings (SSSR count). The molecule has 0 heterocycles. The van der Waals surface area contributed by atoms with E-state index >= 15 is 0 Å². The first-order valence-electron chi connectivity index (χ1n) is 6.95. The van der Waals surface area contributed by atoms with Gasteiger partial charge >= 0.3 is 0 Å². The van der Waals surface area contributed by atoms with Crippen LogP contribution >= 0.6 is 27.5 Å². The van der Waals surface area contributed by atoms with Crippen molar-refractivity contribution in [3.05, 3.63) is 58.1 Å². The van der Waals surface area contributed by atoms with Gasteiger partial charge in [0.05, 0.1) is 18.6 Å².